The van der Waals surface area contributed by atoms with Gasteiger partial charge in [-0.05, 0) is 18.2 Å². The maximum absolute atomic E-state index is 11.7. The molecule has 0 saturated heterocycles. The summed E-state index contributed by atoms with van der Waals surface area (Å²) >= 11 is 1.39. The molecular formula is C12H20N2O4S3. The number of anilines is 1. The lowest BCUT2D eigenvalue weighted by Gasteiger charge is -2.07. The topological polar surface area (TPSA) is 106 Å². The second-order valence-electron chi connectivity index (χ2n) is 4.37. The predicted molar refractivity (Wildman–Crippen MR) is 87.7 cm³/mol. The van der Waals surface area contributed by atoms with E-state index >= 15 is 0 Å². The van der Waals surface area contributed by atoms with Crippen LogP contribution in [-0.2, 0) is 19.9 Å². The van der Waals surface area contributed by atoms with E-state index in [0.29, 0.717) is 11.4 Å². The van der Waals surface area contributed by atoms with Crippen LogP contribution in [0.25, 0.3) is 0 Å². The molecule has 0 fully saturated rings. The maximum atomic E-state index is 11.7. The standard InChI is InChI=1S/C12H20N2O4S3/c1-2-20(15,16)8-6-14-21(17,18)9-7-19-12-5-3-4-11(13)10-12/h3-5,10,14H,2,6-9,13H2,1H3. The number of hydrogen-bond acceptors (Lipinski definition) is 6. The summed E-state index contributed by atoms with van der Waals surface area (Å²) in [6.07, 6.45) is 0. The molecule has 0 aliphatic rings. The second kappa shape index (κ2) is 8.02. The highest BCUT2D eigenvalue weighted by Crippen LogP contribution is 2.20. The van der Waals surface area contributed by atoms with Crippen LogP contribution in [-0.4, -0.2) is 46.4 Å². The molecule has 1 aromatic carbocycles. The molecule has 6 nitrogen and oxygen atoms in total. The van der Waals surface area contributed by atoms with Crippen molar-refractivity contribution in [1.29, 1.82) is 0 Å². The zero-order valence-corrected chi connectivity index (χ0v) is 14.2. The highest BCUT2D eigenvalue weighted by Gasteiger charge is 2.13. The van der Waals surface area contributed by atoms with E-state index in [4.69, 9.17) is 5.73 Å². The van der Waals surface area contributed by atoms with Gasteiger partial charge in [-0.2, -0.15) is 0 Å². The summed E-state index contributed by atoms with van der Waals surface area (Å²) in [5, 5.41) is 0. The number of nitrogens with one attached hydrogen (secondary N) is 1. The molecule has 21 heavy (non-hydrogen) atoms. The Kier molecular flexibility index (Phi) is 6.98. The summed E-state index contributed by atoms with van der Waals surface area (Å²) < 4.78 is 48.3. The van der Waals surface area contributed by atoms with Crippen LogP contribution < -0.4 is 10.5 Å². The van der Waals surface area contributed by atoms with Gasteiger partial charge in [0.05, 0.1) is 11.5 Å². The minimum atomic E-state index is -3.46. The first-order valence-electron chi connectivity index (χ1n) is 6.40. The monoisotopic (exact) mass is 352 g/mol. The summed E-state index contributed by atoms with van der Waals surface area (Å²) in [4.78, 5) is 0.902. The van der Waals surface area contributed by atoms with Gasteiger partial charge < -0.3 is 5.73 Å². The molecule has 0 bridgehead atoms. The minimum absolute atomic E-state index is 0.0139. The van der Waals surface area contributed by atoms with Crippen molar-refractivity contribution in [3.05, 3.63) is 24.3 Å². The normalized spacial score (nSPS) is 12.4. The van der Waals surface area contributed by atoms with Gasteiger partial charge in [-0.3, -0.25) is 0 Å². The number of sulfonamides is 1. The molecule has 0 unspecified atom stereocenters. The van der Waals surface area contributed by atoms with Crippen LogP contribution in [0.5, 0.6) is 0 Å². The van der Waals surface area contributed by atoms with Gasteiger partial charge in [0.15, 0.2) is 9.84 Å². The lowest BCUT2D eigenvalue weighted by Crippen LogP contribution is -2.32. The van der Waals surface area contributed by atoms with Gasteiger partial charge in [0.1, 0.15) is 0 Å². The largest absolute Gasteiger partial charge is 0.399 e. The number of rotatable bonds is 9. The van der Waals surface area contributed by atoms with Crippen molar-refractivity contribution < 1.29 is 16.8 Å². The summed E-state index contributed by atoms with van der Waals surface area (Å²) in [6, 6.07) is 7.20. The molecule has 3 N–H and O–H groups in total. The van der Waals surface area contributed by atoms with Gasteiger partial charge >= 0.3 is 0 Å². The Balaban J connectivity index is 2.36. The predicted octanol–water partition coefficient (Wildman–Crippen LogP) is 0.715. The molecule has 0 heterocycles. The van der Waals surface area contributed by atoms with E-state index in [0.717, 1.165) is 4.90 Å². The van der Waals surface area contributed by atoms with Crippen LogP contribution in [0, 0.1) is 0 Å². The Morgan fingerprint density at radius 1 is 1.19 bits per heavy atom. The van der Waals surface area contributed by atoms with Gasteiger partial charge in [-0.15, -0.1) is 11.8 Å². The van der Waals surface area contributed by atoms with Crippen molar-refractivity contribution in [2.24, 2.45) is 0 Å². The van der Waals surface area contributed by atoms with E-state index in [2.05, 4.69) is 4.72 Å². The lowest BCUT2D eigenvalue weighted by atomic mass is 10.3. The molecule has 0 spiro atoms. The Morgan fingerprint density at radius 2 is 1.90 bits per heavy atom. The number of hydrogen-bond donors (Lipinski definition) is 2. The molecule has 1 rings (SSSR count). The van der Waals surface area contributed by atoms with E-state index in [1.54, 1.807) is 18.2 Å². The van der Waals surface area contributed by atoms with E-state index in [-0.39, 0.29) is 23.8 Å². The molecular weight excluding hydrogens is 332 g/mol. The molecule has 0 atom stereocenters. The highest BCUT2D eigenvalue weighted by atomic mass is 32.2. The maximum Gasteiger partial charge on any atom is 0.212 e. The van der Waals surface area contributed by atoms with Crippen molar-refractivity contribution in [3.63, 3.8) is 0 Å². The van der Waals surface area contributed by atoms with Crippen molar-refractivity contribution in [1.82, 2.24) is 4.72 Å². The van der Waals surface area contributed by atoms with Crippen LogP contribution in [0.2, 0.25) is 0 Å². The van der Waals surface area contributed by atoms with E-state index in [9.17, 15) is 16.8 Å². The van der Waals surface area contributed by atoms with Crippen LogP contribution in [0.4, 0.5) is 5.69 Å². The van der Waals surface area contributed by atoms with Gasteiger partial charge in [0.25, 0.3) is 0 Å². The average Bonchev–Trinajstić information content (AvgIpc) is 2.38. The summed E-state index contributed by atoms with van der Waals surface area (Å²) in [7, 11) is -6.62. The smallest absolute Gasteiger partial charge is 0.212 e. The van der Waals surface area contributed by atoms with Gasteiger partial charge in [0.2, 0.25) is 10.0 Å². The molecule has 1 aromatic rings. The molecule has 120 valence electrons. The SMILES string of the molecule is CCS(=O)(=O)CCNS(=O)(=O)CCSc1cccc(N)c1. The number of benzene rings is 1. The summed E-state index contributed by atoms with van der Waals surface area (Å²) in [6.45, 7) is 1.45. The molecule has 0 aliphatic carbocycles. The number of thioether (sulfide) groups is 1. The van der Waals surface area contributed by atoms with Crippen molar-refractivity contribution in [3.8, 4) is 0 Å². The minimum Gasteiger partial charge on any atom is -0.399 e. The van der Waals surface area contributed by atoms with Crippen molar-refractivity contribution >= 4 is 37.3 Å². The Labute approximate surface area is 130 Å². The van der Waals surface area contributed by atoms with Gasteiger partial charge in [-0.1, -0.05) is 13.0 Å². The van der Waals surface area contributed by atoms with Crippen LogP contribution >= 0.6 is 11.8 Å². The molecule has 0 amide bonds. The zero-order valence-electron chi connectivity index (χ0n) is 11.8. The Hall–Kier alpha value is -0.770. The first kappa shape index (κ1) is 18.3. The molecule has 0 aromatic heterocycles. The molecule has 9 heteroatoms. The van der Waals surface area contributed by atoms with E-state index in [1.807, 2.05) is 6.07 Å². The first-order chi connectivity index (χ1) is 9.74. The number of nitrogen functional groups attached to an aromatic ring is 1. The van der Waals surface area contributed by atoms with Crippen LogP contribution in [0.15, 0.2) is 29.2 Å². The van der Waals surface area contributed by atoms with Crippen LogP contribution in [0.3, 0.4) is 0 Å². The zero-order chi connectivity index (χ0) is 15.9. The van der Waals surface area contributed by atoms with Gasteiger partial charge in [0, 0.05) is 28.6 Å². The van der Waals surface area contributed by atoms with Crippen molar-refractivity contribution in [2.75, 3.05) is 35.3 Å². The fourth-order valence-electron chi connectivity index (χ4n) is 1.44. The third-order valence-corrected chi connectivity index (χ3v) is 7.00. The van der Waals surface area contributed by atoms with Gasteiger partial charge in [-0.25, -0.2) is 21.6 Å². The molecule has 0 radical (unpaired) electrons. The lowest BCUT2D eigenvalue weighted by molar-refractivity contribution is 0.582. The highest BCUT2D eigenvalue weighted by molar-refractivity contribution is 8.00. The average molecular weight is 353 g/mol. The first-order valence-corrected chi connectivity index (χ1v) is 10.9. The third-order valence-electron chi connectivity index (χ3n) is 2.65. The molecule has 0 aliphatic heterocycles. The summed E-state index contributed by atoms with van der Waals surface area (Å²) in [5.41, 5.74) is 6.27. The molecule has 0 saturated carbocycles. The Morgan fingerprint density at radius 3 is 2.52 bits per heavy atom. The van der Waals surface area contributed by atoms with Crippen LogP contribution in [0.1, 0.15) is 6.92 Å². The second-order valence-corrected chi connectivity index (χ2v) is 9.94. The fourth-order valence-corrected chi connectivity index (χ4v) is 4.67. The quantitative estimate of drug-likeness (QED) is 0.501. The number of sulfone groups is 1. The summed E-state index contributed by atoms with van der Waals surface area (Å²) in [5.74, 6) is 0.142. The fraction of sp³-hybridized carbons (Fsp3) is 0.500. The number of nitrogens with two attached hydrogens (primary N) is 1. The third kappa shape index (κ3) is 7.70. The van der Waals surface area contributed by atoms with Crippen molar-refractivity contribution in [2.45, 2.75) is 11.8 Å². The Bertz CT molecular complexity index is 657. The van der Waals surface area contributed by atoms with E-state index < -0.39 is 19.9 Å². The van der Waals surface area contributed by atoms with E-state index in [1.165, 1.54) is 18.7 Å².